The highest BCUT2D eigenvalue weighted by Crippen LogP contribution is 2.32. The number of rotatable bonds is 7. The van der Waals surface area contributed by atoms with Crippen molar-refractivity contribution >= 4 is 39.2 Å². The van der Waals surface area contributed by atoms with Crippen molar-refractivity contribution < 1.29 is 4.79 Å². The van der Waals surface area contributed by atoms with Gasteiger partial charge in [-0.3, -0.25) is 14.2 Å². The van der Waals surface area contributed by atoms with Gasteiger partial charge < -0.3 is 5.32 Å². The van der Waals surface area contributed by atoms with Gasteiger partial charge in [0.25, 0.3) is 5.56 Å². The predicted octanol–water partition coefficient (Wildman–Crippen LogP) is 4.85. The van der Waals surface area contributed by atoms with Gasteiger partial charge in [0, 0.05) is 18.5 Å². The number of thioether (sulfide) groups is 1. The van der Waals surface area contributed by atoms with Crippen molar-refractivity contribution in [1.29, 1.82) is 0 Å². The molecule has 0 aliphatic rings. The Labute approximate surface area is 189 Å². The highest BCUT2D eigenvalue weighted by Gasteiger charge is 2.21. The summed E-state index contributed by atoms with van der Waals surface area (Å²) in [5.74, 6) is -0.0538. The second kappa shape index (κ2) is 9.49. The monoisotopic (exact) mass is 449 g/mol. The molecule has 0 fully saturated rings. The second-order valence-corrected chi connectivity index (χ2v) is 9.37. The van der Waals surface area contributed by atoms with Crippen LogP contribution in [0, 0.1) is 0 Å². The van der Waals surface area contributed by atoms with Gasteiger partial charge in [-0.1, -0.05) is 79.3 Å². The van der Waals surface area contributed by atoms with Gasteiger partial charge in [-0.15, -0.1) is 11.3 Å². The van der Waals surface area contributed by atoms with Crippen molar-refractivity contribution in [2.75, 3.05) is 0 Å². The van der Waals surface area contributed by atoms with Crippen molar-refractivity contribution in [1.82, 2.24) is 14.9 Å². The maximum Gasteiger partial charge on any atom is 0.262 e. The molecule has 2 heterocycles. The molecule has 5 nitrogen and oxygen atoms in total. The van der Waals surface area contributed by atoms with Crippen molar-refractivity contribution in [2.45, 2.75) is 30.3 Å². The molecule has 0 aliphatic carbocycles. The first-order chi connectivity index (χ1) is 15.1. The van der Waals surface area contributed by atoms with E-state index >= 15 is 0 Å². The van der Waals surface area contributed by atoms with Crippen LogP contribution in [0.25, 0.3) is 20.7 Å². The fourth-order valence-electron chi connectivity index (χ4n) is 3.25. The molecule has 0 radical (unpaired) electrons. The van der Waals surface area contributed by atoms with E-state index in [9.17, 15) is 9.59 Å². The lowest BCUT2D eigenvalue weighted by molar-refractivity contribution is -0.120. The van der Waals surface area contributed by atoms with E-state index in [0.29, 0.717) is 28.3 Å². The smallest absolute Gasteiger partial charge is 0.262 e. The van der Waals surface area contributed by atoms with Crippen LogP contribution >= 0.6 is 23.1 Å². The normalized spacial score (nSPS) is 12.1. The van der Waals surface area contributed by atoms with E-state index in [1.807, 2.05) is 73.7 Å². The number of fused-ring (bicyclic) bond motifs is 1. The molecule has 158 valence electrons. The van der Waals surface area contributed by atoms with E-state index < -0.39 is 0 Å². The number of nitrogens with one attached hydrogen (secondary N) is 1. The van der Waals surface area contributed by atoms with Gasteiger partial charge in [0.15, 0.2) is 5.16 Å². The Balaban J connectivity index is 1.57. The Kier molecular flexibility index (Phi) is 6.53. The lowest BCUT2D eigenvalue weighted by Crippen LogP contribution is -2.32. The molecule has 0 saturated heterocycles. The van der Waals surface area contributed by atoms with Gasteiger partial charge in [-0.25, -0.2) is 4.98 Å². The zero-order valence-electron chi connectivity index (χ0n) is 17.4. The van der Waals surface area contributed by atoms with Crippen molar-refractivity contribution in [2.24, 2.45) is 7.05 Å². The quantitative estimate of drug-likeness (QED) is 0.324. The molecular weight excluding hydrogens is 426 g/mol. The molecule has 0 bridgehead atoms. The van der Waals surface area contributed by atoms with Crippen LogP contribution in [0.1, 0.15) is 18.9 Å². The van der Waals surface area contributed by atoms with Crippen LogP contribution in [0.5, 0.6) is 0 Å². The summed E-state index contributed by atoms with van der Waals surface area (Å²) in [7, 11) is 1.71. The van der Waals surface area contributed by atoms with Crippen LogP contribution in [0.4, 0.5) is 0 Å². The summed E-state index contributed by atoms with van der Waals surface area (Å²) in [6.45, 7) is 2.45. The molecule has 0 aliphatic heterocycles. The first-order valence-electron chi connectivity index (χ1n) is 10.1. The average Bonchev–Trinajstić information content (AvgIpc) is 3.24. The van der Waals surface area contributed by atoms with E-state index in [2.05, 4.69) is 5.32 Å². The fourth-order valence-corrected chi connectivity index (χ4v) is 5.33. The largest absolute Gasteiger partial charge is 0.351 e. The average molecular weight is 450 g/mol. The molecule has 0 saturated carbocycles. The number of hydrogen-bond donors (Lipinski definition) is 1. The minimum Gasteiger partial charge on any atom is -0.351 e. The number of thiophene rings is 1. The molecule has 7 heteroatoms. The maximum atomic E-state index is 13.0. The number of carbonyl (C=O) groups is 1. The Morgan fingerprint density at radius 3 is 2.48 bits per heavy atom. The number of hydrogen-bond acceptors (Lipinski definition) is 5. The van der Waals surface area contributed by atoms with Crippen LogP contribution in [-0.2, 0) is 18.4 Å². The van der Waals surface area contributed by atoms with Gasteiger partial charge in [0.2, 0.25) is 5.91 Å². The van der Waals surface area contributed by atoms with E-state index in [4.69, 9.17) is 4.98 Å². The topological polar surface area (TPSA) is 64.0 Å². The molecule has 1 atom stereocenters. The molecule has 2 aromatic heterocycles. The van der Waals surface area contributed by atoms with Gasteiger partial charge in [-0.05, 0) is 23.6 Å². The van der Waals surface area contributed by atoms with Crippen LogP contribution in [0.3, 0.4) is 0 Å². The molecule has 1 unspecified atom stereocenters. The third kappa shape index (κ3) is 4.73. The minimum absolute atomic E-state index is 0.0538. The number of aromatic nitrogens is 2. The molecule has 1 N–H and O–H groups in total. The van der Waals surface area contributed by atoms with E-state index in [1.54, 1.807) is 11.6 Å². The third-order valence-corrected chi connectivity index (χ3v) is 7.50. The Hall–Kier alpha value is -2.90. The molecule has 2 aromatic carbocycles. The van der Waals surface area contributed by atoms with Gasteiger partial charge in [0.05, 0.1) is 10.6 Å². The van der Waals surface area contributed by atoms with Crippen LogP contribution in [0.2, 0.25) is 0 Å². The molecule has 1 amide bonds. The molecular formula is C24H23N3O2S2. The zero-order chi connectivity index (χ0) is 21.8. The van der Waals surface area contributed by atoms with Crippen molar-refractivity contribution in [3.8, 4) is 10.4 Å². The summed E-state index contributed by atoms with van der Waals surface area (Å²) < 4.78 is 1.54. The molecule has 4 rings (SSSR count). The van der Waals surface area contributed by atoms with Crippen molar-refractivity contribution in [3.05, 3.63) is 82.6 Å². The first kappa shape index (κ1) is 21.3. The van der Waals surface area contributed by atoms with Gasteiger partial charge in [-0.2, -0.15) is 0 Å². The third-order valence-electron chi connectivity index (χ3n) is 5.01. The molecule has 0 spiro atoms. The lowest BCUT2D eigenvalue weighted by atomic mass is 10.2. The van der Waals surface area contributed by atoms with E-state index in [0.717, 1.165) is 16.0 Å². The summed E-state index contributed by atoms with van der Waals surface area (Å²) >= 11 is 2.84. The van der Waals surface area contributed by atoms with Gasteiger partial charge >= 0.3 is 0 Å². The maximum absolute atomic E-state index is 13.0. The summed E-state index contributed by atoms with van der Waals surface area (Å²) in [5, 5.41) is 3.83. The van der Waals surface area contributed by atoms with E-state index in [-0.39, 0.29) is 16.7 Å². The predicted molar refractivity (Wildman–Crippen MR) is 129 cm³/mol. The van der Waals surface area contributed by atoms with E-state index in [1.165, 1.54) is 23.1 Å². The fraction of sp³-hybridized carbons (Fsp3) is 0.208. The summed E-state index contributed by atoms with van der Waals surface area (Å²) in [4.78, 5) is 32.2. The second-order valence-electron chi connectivity index (χ2n) is 7.17. The molecule has 31 heavy (non-hydrogen) atoms. The highest BCUT2D eigenvalue weighted by atomic mass is 32.2. The Bertz CT molecular complexity index is 1250. The van der Waals surface area contributed by atoms with Crippen molar-refractivity contribution in [3.63, 3.8) is 0 Å². The highest BCUT2D eigenvalue weighted by molar-refractivity contribution is 8.00. The molecule has 4 aromatic rings. The van der Waals surface area contributed by atoms with Crippen LogP contribution < -0.4 is 10.9 Å². The standard InChI is InChI=1S/C24H23N3O2S2/c1-3-19(21(28)25-15-16-10-6-4-7-11-16)31-24-26-22-18(23(29)27(24)2)14-20(30-22)17-12-8-5-9-13-17/h4-14,19H,3,15H2,1-2H3,(H,25,28). The minimum atomic E-state index is -0.326. The summed E-state index contributed by atoms with van der Waals surface area (Å²) in [6, 6.07) is 21.7. The number of amides is 1. The zero-order valence-corrected chi connectivity index (χ0v) is 19.0. The number of nitrogens with zero attached hydrogens (tertiary/aromatic N) is 2. The first-order valence-corrected chi connectivity index (χ1v) is 11.8. The van der Waals surface area contributed by atoms with Crippen LogP contribution in [-0.4, -0.2) is 20.7 Å². The van der Waals surface area contributed by atoms with Crippen LogP contribution in [0.15, 0.2) is 76.7 Å². The number of carbonyl (C=O) groups excluding carboxylic acids is 1. The lowest BCUT2D eigenvalue weighted by Gasteiger charge is -2.15. The Morgan fingerprint density at radius 1 is 1.13 bits per heavy atom. The SMILES string of the molecule is CCC(Sc1nc2sc(-c3ccccc3)cc2c(=O)n1C)C(=O)NCc1ccccc1. The number of benzene rings is 2. The Morgan fingerprint density at radius 2 is 1.81 bits per heavy atom. The summed E-state index contributed by atoms with van der Waals surface area (Å²) in [5.41, 5.74) is 2.02. The summed E-state index contributed by atoms with van der Waals surface area (Å²) in [6.07, 6.45) is 0.638. The van der Waals surface area contributed by atoms with Gasteiger partial charge in [0.1, 0.15) is 4.83 Å².